The van der Waals surface area contributed by atoms with Crippen LogP contribution >= 0.6 is 67.8 Å². The van der Waals surface area contributed by atoms with Crippen LogP contribution in [0.3, 0.4) is 0 Å². The second-order valence-electron chi connectivity index (χ2n) is 20.2. The minimum absolute atomic E-state index is 0. The normalized spacial score (nSPS) is 11.2. The lowest BCUT2D eigenvalue weighted by Crippen LogP contribution is -3.00. The van der Waals surface area contributed by atoms with Crippen molar-refractivity contribution in [1.29, 1.82) is 0 Å². The average molecular weight is 1720 g/mol. The highest BCUT2D eigenvalue weighted by atomic mass is 127. The Morgan fingerprint density at radius 2 is 0.682 bits per heavy atom. The maximum atomic E-state index is 12.1. The fraction of sp³-hybridized carbons (Fsp3) is 0.132. The number of H-pyrrole nitrogens is 2. The van der Waals surface area contributed by atoms with Crippen molar-refractivity contribution in [3.8, 4) is 44.5 Å². The topological polar surface area (TPSA) is 99.2 Å². The molecule has 85 heavy (non-hydrogen) atoms. The van der Waals surface area contributed by atoms with Crippen molar-refractivity contribution in [3.63, 3.8) is 0 Å². The molecule has 10 nitrogen and oxygen atoms in total. The van der Waals surface area contributed by atoms with E-state index in [9.17, 15) is 4.79 Å². The number of carbonyl (C=O) groups excluding carboxylic acids is 1. The maximum Gasteiger partial charge on any atom is 0.305 e. The largest absolute Gasteiger partial charge is 1.00 e. The summed E-state index contributed by atoms with van der Waals surface area (Å²) in [6, 6.07) is 52.3. The Morgan fingerprint density at radius 3 is 0.965 bits per heavy atom. The van der Waals surface area contributed by atoms with Gasteiger partial charge in [0, 0.05) is 133 Å². The van der Waals surface area contributed by atoms with Crippen LogP contribution in [0.2, 0.25) is 0 Å². The molecule has 0 fully saturated rings. The summed E-state index contributed by atoms with van der Waals surface area (Å²) in [5.41, 5.74) is 18.9. The predicted molar refractivity (Wildman–Crippen MR) is 347 cm³/mol. The van der Waals surface area contributed by atoms with Crippen LogP contribution in [0.15, 0.2) is 195 Å². The van der Waals surface area contributed by atoms with Crippen LogP contribution < -0.4 is 86.2 Å². The lowest BCUT2D eigenvalue weighted by Gasteiger charge is -2.07. The van der Waals surface area contributed by atoms with Gasteiger partial charge in [-0.2, -0.15) is 0 Å². The van der Waals surface area contributed by atoms with Crippen molar-refractivity contribution in [2.24, 2.45) is 0 Å². The van der Waals surface area contributed by atoms with Crippen molar-refractivity contribution in [3.05, 3.63) is 245 Å². The van der Waals surface area contributed by atoms with E-state index in [1.165, 1.54) is 27.4 Å². The highest BCUT2D eigenvalue weighted by Gasteiger charge is 2.21. The van der Waals surface area contributed by atoms with Crippen LogP contribution in [0.1, 0.15) is 65.7 Å². The number of esters is 1. The summed E-state index contributed by atoms with van der Waals surface area (Å²) in [5, 5.41) is 0. The molecule has 0 amide bonds. The van der Waals surface area contributed by atoms with Gasteiger partial charge in [0.2, 0.25) is 0 Å². The fourth-order valence-corrected chi connectivity index (χ4v) is 11.7. The molecule has 7 aromatic heterocycles. The van der Waals surface area contributed by atoms with Crippen molar-refractivity contribution in [1.82, 2.24) is 19.9 Å². The van der Waals surface area contributed by atoms with Gasteiger partial charge in [0.15, 0.2) is 69.2 Å². The van der Waals surface area contributed by atoms with Gasteiger partial charge < -0.3 is 82.6 Å². The average Bonchev–Trinajstić information content (AvgIpc) is 2.75. The Bertz CT molecular complexity index is 4090. The van der Waals surface area contributed by atoms with Crippen LogP contribution in [0.4, 0.5) is 0 Å². The number of aryl methyl sites for hydroxylation is 1. The number of hydrogen-bond donors (Lipinski definition) is 2. The third kappa shape index (κ3) is 15.8. The Kier molecular flexibility index (Phi) is 23.4. The molecule has 430 valence electrons. The molecule has 12 rings (SSSR count). The molecular weight excluding hydrogens is 1660 g/mol. The number of nitrogens with zero attached hydrogens (tertiary/aromatic N) is 6. The number of aromatic amines is 2. The van der Waals surface area contributed by atoms with E-state index in [4.69, 9.17) is 14.7 Å². The summed E-state index contributed by atoms with van der Waals surface area (Å²) >= 11 is 7.07. The summed E-state index contributed by atoms with van der Waals surface area (Å²) in [6.45, 7) is 5.30. The number of unbranched alkanes of at least 4 members (excludes halogenated alkanes) is 1. The van der Waals surface area contributed by atoms with E-state index in [0.717, 1.165) is 128 Å². The van der Waals surface area contributed by atoms with Crippen LogP contribution in [-0.2, 0) is 35.7 Å². The molecule has 2 aliphatic rings. The highest BCUT2D eigenvalue weighted by Crippen LogP contribution is 2.38. The summed E-state index contributed by atoms with van der Waals surface area (Å²) in [6.07, 6.45) is 27.9. The van der Waals surface area contributed by atoms with Gasteiger partial charge in [0.1, 0.15) is 6.54 Å². The third-order valence-electron chi connectivity index (χ3n) is 14.7. The number of pyridine rings is 4. The summed E-state index contributed by atoms with van der Waals surface area (Å²) in [5.74, 6) is -0.145. The van der Waals surface area contributed by atoms with Crippen LogP contribution in [0.25, 0.3) is 90.9 Å². The summed E-state index contributed by atoms with van der Waals surface area (Å²) < 4.78 is 17.7. The molecule has 0 radical (unpaired) electrons. The quantitative estimate of drug-likeness (QED) is 0.0672. The molecule has 17 heteroatoms. The zero-order chi connectivity index (χ0) is 55.2. The monoisotopic (exact) mass is 1710 g/mol. The van der Waals surface area contributed by atoms with Gasteiger partial charge in [0.05, 0.1) is 29.4 Å². The fourth-order valence-electron chi connectivity index (χ4n) is 10.6. The summed E-state index contributed by atoms with van der Waals surface area (Å²) in [7, 11) is 0. The Morgan fingerprint density at radius 1 is 0.400 bits per heavy atom. The lowest BCUT2D eigenvalue weighted by atomic mass is 10.0. The van der Waals surface area contributed by atoms with Gasteiger partial charge in [-0.3, -0.25) is 4.79 Å². The number of fused-ring (bicyclic) bond motifs is 8. The van der Waals surface area contributed by atoms with Gasteiger partial charge in [-0.1, -0.05) is 36.4 Å². The molecule has 0 unspecified atom stereocenters. The van der Waals surface area contributed by atoms with Gasteiger partial charge in [-0.25, -0.2) is 28.2 Å². The minimum atomic E-state index is -0.145. The first-order chi connectivity index (χ1) is 39.7. The molecule has 2 aliphatic heterocycles. The Hall–Kier alpha value is -5.56. The molecule has 8 bridgehead atoms. The molecule has 0 saturated carbocycles. The molecule has 0 atom stereocenters. The van der Waals surface area contributed by atoms with Crippen molar-refractivity contribution < 1.29 is 95.7 Å². The van der Waals surface area contributed by atoms with E-state index in [1.54, 1.807) is 0 Å². The lowest BCUT2D eigenvalue weighted by molar-refractivity contribution is -0.697. The molecule has 0 saturated heterocycles. The van der Waals surface area contributed by atoms with E-state index < -0.39 is 0 Å². The Labute approximate surface area is 578 Å². The molecule has 9 heterocycles. The van der Waals surface area contributed by atoms with Gasteiger partial charge in [-0.15, -0.1) is 0 Å². The number of aromatic nitrogens is 8. The first-order valence-electron chi connectivity index (χ1n) is 27.2. The number of nitrogens with one attached hydrogen (secondary N) is 2. The Balaban J connectivity index is 0.00000235. The van der Waals surface area contributed by atoms with Crippen molar-refractivity contribution >= 4 is 120 Å². The second kappa shape index (κ2) is 30.4. The molecule has 0 spiro atoms. The SMILES string of the molecule is CCOC(=O)CCCC[n+]1ccc(-c2c3nc(c(-c4cc[n+](Cc5ccc(I)cc5)cc4)c4ccc([nH]4)c(-c4cc[n+](Cc5ccc(I)cc5)cc4)c4nc(c(-c5cc[n+](Cc6ccc(I)cc6)cc5)c5ccc2[nH]5)C=C4)C=C3)cc1.[Br-].[Br-].[Br-].[Br-]. The molecule has 3 aromatic carbocycles. The standard InChI is InChI=1S/C68H56I3N8O2.4BrH/c1-2-81-64(80)5-3-4-34-76-35-26-49(27-36-76)65-56-18-20-58(72-56)66(50-28-37-77(38-29-50)43-46-6-12-53(69)13-7-46)60-22-24-62(74-60)68(52-32-41-79(42-33-52)45-48-10-16-55(71)17-11-48)63-25-23-61(75-63)67(59-21-19-57(65)73-59)51-30-39-78(40-31-51)44-47-8-14-54(70)15-9-47;;;;/h6-33,35-42H,2-5,34,43-45H2,1H3,(H,72,73,74,75);4*1H/q+3;;;;/p-3. The minimum Gasteiger partial charge on any atom is -1.00 e. The van der Waals surface area contributed by atoms with Gasteiger partial charge in [-0.05, 0) is 188 Å². The first kappa shape index (κ1) is 65.4. The second-order valence-corrected chi connectivity index (χ2v) is 24.0. The van der Waals surface area contributed by atoms with E-state index in [1.807, 2.05) is 6.92 Å². The maximum absolute atomic E-state index is 12.1. The smallest absolute Gasteiger partial charge is 0.305 e. The molecule has 2 N–H and O–H groups in total. The zero-order valence-electron chi connectivity index (χ0n) is 46.1. The van der Waals surface area contributed by atoms with E-state index in [2.05, 4.69) is 315 Å². The van der Waals surface area contributed by atoms with E-state index in [-0.39, 0.29) is 73.9 Å². The van der Waals surface area contributed by atoms with Crippen molar-refractivity contribution in [2.75, 3.05) is 6.61 Å². The van der Waals surface area contributed by atoms with E-state index in [0.29, 0.717) is 13.0 Å². The highest BCUT2D eigenvalue weighted by molar-refractivity contribution is 14.1. The number of rotatable bonds is 16. The van der Waals surface area contributed by atoms with Gasteiger partial charge >= 0.3 is 5.97 Å². The first-order valence-corrected chi connectivity index (χ1v) is 30.4. The number of benzene rings is 3. The molecule has 0 aliphatic carbocycles. The van der Waals surface area contributed by atoms with Crippen LogP contribution in [-0.4, -0.2) is 32.5 Å². The predicted octanol–water partition coefficient (Wildman–Crippen LogP) is 2.18. The van der Waals surface area contributed by atoms with E-state index >= 15 is 0 Å². The summed E-state index contributed by atoms with van der Waals surface area (Å²) in [4.78, 5) is 31.2. The van der Waals surface area contributed by atoms with Crippen LogP contribution in [0.5, 0.6) is 0 Å². The van der Waals surface area contributed by atoms with Gasteiger partial charge in [0.25, 0.3) is 0 Å². The number of halogens is 7. The number of ether oxygens (including phenoxy) is 1. The zero-order valence-corrected chi connectivity index (χ0v) is 58.9. The third-order valence-corrected chi connectivity index (χ3v) is 16.8. The van der Waals surface area contributed by atoms with Crippen LogP contribution in [0, 0.1) is 10.7 Å². The molecular formula is C68H57Br4I3N8O2. The molecule has 10 aromatic rings. The van der Waals surface area contributed by atoms with Crippen molar-refractivity contribution in [2.45, 2.75) is 52.4 Å². The number of hydrogen-bond acceptors (Lipinski definition) is 4. The number of carbonyl (C=O) groups is 1.